The Bertz CT molecular complexity index is 425. The summed E-state index contributed by atoms with van der Waals surface area (Å²) in [4.78, 5) is 0. The first-order chi connectivity index (χ1) is 10.1. The van der Waals surface area contributed by atoms with Gasteiger partial charge in [0, 0.05) is 0 Å². The van der Waals surface area contributed by atoms with Crippen LogP contribution < -0.4 is 0 Å². The Labute approximate surface area is 136 Å². The SMILES string of the molecule is C/C1=C\CC[C@](C)(O)/C=C/C[C@@](C)(O)/C=C/[C@H](C(C)C)CC1. The molecule has 22 heavy (non-hydrogen) atoms. The van der Waals surface area contributed by atoms with Crippen LogP contribution in [0.1, 0.15) is 66.7 Å². The molecule has 2 nitrogen and oxygen atoms in total. The maximum absolute atomic E-state index is 10.5. The zero-order chi connectivity index (χ0) is 16.8. The summed E-state index contributed by atoms with van der Waals surface area (Å²) in [6.45, 7) is 10.3. The molecule has 2 heteroatoms. The van der Waals surface area contributed by atoms with Gasteiger partial charge in [-0.05, 0) is 64.7 Å². The van der Waals surface area contributed by atoms with Crippen molar-refractivity contribution in [1.82, 2.24) is 0 Å². The minimum Gasteiger partial charge on any atom is -0.386 e. The van der Waals surface area contributed by atoms with Crippen LogP contribution in [0.4, 0.5) is 0 Å². The normalized spacial score (nSPS) is 40.5. The lowest BCUT2D eigenvalue weighted by Crippen LogP contribution is -2.23. The molecule has 0 aliphatic heterocycles. The third-order valence-corrected chi connectivity index (χ3v) is 4.58. The van der Waals surface area contributed by atoms with E-state index in [0.29, 0.717) is 24.7 Å². The molecule has 0 saturated heterocycles. The highest BCUT2D eigenvalue weighted by molar-refractivity contribution is 5.09. The fraction of sp³-hybridized carbons (Fsp3) is 0.700. The van der Waals surface area contributed by atoms with E-state index in [2.05, 4.69) is 32.9 Å². The molecule has 0 heterocycles. The van der Waals surface area contributed by atoms with E-state index in [4.69, 9.17) is 0 Å². The Balaban J connectivity index is 2.96. The molecule has 1 aliphatic rings. The highest BCUT2D eigenvalue weighted by Crippen LogP contribution is 2.25. The second kappa shape index (κ2) is 8.12. The average Bonchev–Trinajstić information content (AvgIpc) is 2.36. The van der Waals surface area contributed by atoms with Crippen molar-refractivity contribution >= 4 is 0 Å². The minimum absolute atomic E-state index is 0.491. The van der Waals surface area contributed by atoms with Gasteiger partial charge in [-0.1, -0.05) is 49.8 Å². The monoisotopic (exact) mass is 306 g/mol. The first-order valence-electron chi connectivity index (χ1n) is 8.59. The molecular weight excluding hydrogens is 272 g/mol. The molecule has 0 aromatic heterocycles. The highest BCUT2D eigenvalue weighted by atomic mass is 16.3. The summed E-state index contributed by atoms with van der Waals surface area (Å²) < 4.78 is 0. The smallest absolute Gasteiger partial charge is 0.0834 e. The molecule has 126 valence electrons. The molecule has 2 N–H and O–H groups in total. The largest absolute Gasteiger partial charge is 0.386 e. The second-order valence-corrected chi connectivity index (χ2v) is 7.72. The van der Waals surface area contributed by atoms with Crippen LogP contribution >= 0.6 is 0 Å². The molecule has 0 aromatic rings. The van der Waals surface area contributed by atoms with Crippen LogP contribution in [0.2, 0.25) is 0 Å². The van der Waals surface area contributed by atoms with Gasteiger partial charge < -0.3 is 10.2 Å². The minimum atomic E-state index is -0.852. The predicted octanol–water partition coefficient (Wildman–Crippen LogP) is 4.78. The Kier molecular flexibility index (Phi) is 7.08. The molecule has 1 rings (SSSR count). The second-order valence-electron chi connectivity index (χ2n) is 7.72. The van der Waals surface area contributed by atoms with E-state index in [1.54, 1.807) is 0 Å². The van der Waals surface area contributed by atoms with Crippen molar-refractivity contribution in [3.8, 4) is 0 Å². The van der Waals surface area contributed by atoms with E-state index >= 15 is 0 Å². The lowest BCUT2D eigenvalue weighted by Gasteiger charge is -2.23. The van der Waals surface area contributed by atoms with Crippen molar-refractivity contribution in [3.63, 3.8) is 0 Å². The number of aliphatic hydroxyl groups is 2. The van der Waals surface area contributed by atoms with Gasteiger partial charge in [-0.2, -0.15) is 0 Å². The van der Waals surface area contributed by atoms with Gasteiger partial charge in [0.05, 0.1) is 11.2 Å². The van der Waals surface area contributed by atoms with Crippen molar-refractivity contribution < 1.29 is 10.2 Å². The summed E-state index contributed by atoms with van der Waals surface area (Å²) >= 11 is 0. The Morgan fingerprint density at radius 1 is 1.14 bits per heavy atom. The van der Waals surface area contributed by atoms with Gasteiger partial charge in [-0.25, -0.2) is 0 Å². The van der Waals surface area contributed by atoms with Crippen LogP contribution in [0.5, 0.6) is 0 Å². The Morgan fingerprint density at radius 2 is 1.82 bits per heavy atom. The standard InChI is InChI=1S/C20H34O2/c1-16(2)18-10-9-17(3)8-6-12-19(4,21)13-7-14-20(5,22)15-11-18/h7-8,11,13,15-16,18,21-22H,6,9-10,12,14H2,1-5H3/b13-7+,15-11+,17-8+/t18-,19+,20-/m1/s1. The Morgan fingerprint density at radius 3 is 2.45 bits per heavy atom. The topological polar surface area (TPSA) is 40.5 Å². The van der Waals surface area contributed by atoms with Gasteiger partial charge in [-0.3, -0.25) is 0 Å². The summed E-state index contributed by atoms with van der Waals surface area (Å²) in [5.74, 6) is 1.06. The summed E-state index contributed by atoms with van der Waals surface area (Å²) in [7, 11) is 0. The number of hydrogen-bond acceptors (Lipinski definition) is 2. The molecule has 0 fully saturated rings. The lowest BCUT2D eigenvalue weighted by molar-refractivity contribution is 0.0985. The van der Waals surface area contributed by atoms with Crippen molar-refractivity contribution in [3.05, 3.63) is 36.0 Å². The molecule has 0 radical (unpaired) electrons. The molecule has 3 atom stereocenters. The van der Waals surface area contributed by atoms with Gasteiger partial charge >= 0.3 is 0 Å². The van der Waals surface area contributed by atoms with Gasteiger partial charge in [0.25, 0.3) is 0 Å². The number of hydrogen-bond donors (Lipinski definition) is 2. The van der Waals surface area contributed by atoms with E-state index in [-0.39, 0.29) is 0 Å². The van der Waals surface area contributed by atoms with Crippen molar-refractivity contribution in [2.75, 3.05) is 0 Å². The average molecular weight is 306 g/mol. The molecule has 1 aliphatic carbocycles. The van der Waals surface area contributed by atoms with Crippen LogP contribution in [0.15, 0.2) is 36.0 Å². The van der Waals surface area contributed by atoms with Crippen LogP contribution in [-0.2, 0) is 0 Å². The zero-order valence-electron chi connectivity index (χ0n) is 15.0. The molecule has 0 aromatic carbocycles. The fourth-order valence-electron chi connectivity index (χ4n) is 2.79. The summed E-state index contributed by atoms with van der Waals surface area (Å²) in [6.07, 6.45) is 14.4. The first kappa shape index (κ1) is 19.2. The predicted molar refractivity (Wildman–Crippen MR) is 94.7 cm³/mol. The molecule has 0 unspecified atom stereocenters. The van der Waals surface area contributed by atoms with E-state index in [9.17, 15) is 10.2 Å². The van der Waals surface area contributed by atoms with Crippen molar-refractivity contribution in [2.45, 2.75) is 77.9 Å². The van der Waals surface area contributed by atoms with Gasteiger partial charge in [0.1, 0.15) is 0 Å². The quantitative estimate of drug-likeness (QED) is 0.684. The van der Waals surface area contributed by atoms with Crippen molar-refractivity contribution in [1.29, 1.82) is 0 Å². The fourth-order valence-corrected chi connectivity index (χ4v) is 2.79. The van der Waals surface area contributed by atoms with E-state index in [1.165, 1.54) is 5.57 Å². The third-order valence-electron chi connectivity index (χ3n) is 4.58. The Hall–Kier alpha value is -0.860. The zero-order valence-corrected chi connectivity index (χ0v) is 15.0. The molecule has 0 amide bonds. The van der Waals surface area contributed by atoms with E-state index < -0.39 is 11.2 Å². The molecule has 0 bridgehead atoms. The summed E-state index contributed by atoms with van der Waals surface area (Å²) in [5, 5.41) is 20.8. The maximum Gasteiger partial charge on any atom is 0.0834 e. The van der Waals surface area contributed by atoms with E-state index in [0.717, 1.165) is 19.3 Å². The van der Waals surface area contributed by atoms with Crippen LogP contribution in [0, 0.1) is 11.8 Å². The maximum atomic E-state index is 10.5. The van der Waals surface area contributed by atoms with Crippen molar-refractivity contribution in [2.24, 2.45) is 11.8 Å². The third kappa shape index (κ3) is 7.42. The van der Waals surface area contributed by atoms with Crippen LogP contribution in [0.25, 0.3) is 0 Å². The highest BCUT2D eigenvalue weighted by Gasteiger charge is 2.19. The molecular formula is C20H34O2. The number of allylic oxidation sites excluding steroid dienone is 3. The van der Waals surface area contributed by atoms with Gasteiger partial charge in [0.15, 0.2) is 0 Å². The van der Waals surface area contributed by atoms with E-state index in [1.807, 2.05) is 32.1 Å². The summed E-state index contributed by atoms with van der Waals surface area (Å²) in [6, 6.07) is 0. The van der Waals surface area contributed by atoms with Gasteiger partial charge in [-0.15, -0.1) is 0 Å². The molecule has 0 saturated carbocycles. The first-order valence-corrected chi connectivity index (χ1v) is 8.59. The lowest BCUT2D eigenvalue weighted by atomic mass is 9.86. The summed E-state index contributed by atoms with van der Waals surface area (Å²) in [5.41, 5.74) is -0.266. The molecule has 0 spiro atoms. The van der Waals surface area contributed by atoms with Gasteiger partial charge in [0.2, 0.25) is 0 Å². The van der Waals surface area contributed by atoms with Crippen LogP contribution in [0.3, 0.4) is 0 Å². The number of rotatable bonds is 1. The van der Waals surface area contributed by atoms with Crippen LogP contribution in [-0.4, -0.2) is 21.4 Å².